The van der Waals surface area contributed by atoms with Crippen molar-refractivity contribution in [1.82, 2.24) is 4.90 Å². The van der Waals surface area contributed by atoms with Gasteiger partial charge in [-0.3, -0.25) is 4.79 Å². The second-order valence-corrected chi connectivity index (χ2v) is 6.23. The molecule has 0 atom stereocenters. The van der Waals surface area contributed by atoms with Gasteiger partial charge < -0.3 is 10.6 Å². The average Bonchev–Trinajstić information content (AvgIpc) is 2.62. The number of carbonyl (C=O) groups excluding carboxylic acids is 1. The maximum absolute atomic E-state index is 12.3. The monoisotopic (exact) mass is 324 g/mol. The smallest absolute Gasteiger partial charge is 0.222 e. The number of benzene rings is 2. The quantitative estimate of drug-likeness (QED) is 0.702. The van der Waals surface area contributed by atoms with E-state index in [2.05, 4.69) is 24.3 Å². The molecule has 0 unspecified atom stereocenters. The van der Waals surface area contributed by atoms with Gasteiger partial charge in [-0.1, -0.05) is 67.4 Å². The summed E-state index contributed by atoms with van der Waals surface area (Å²) < 4.78 is 0. The summed E-state index contributed by atoms with van der Waals surface area (Å²) in [6.45, 7) is 1.39. The van der Waals surface area contributed by atoms with Crippen molar-refractivity contribution in [3.8, 4) is 11.1 Å². The molecule has 128 valence electrons. The molecule has 0 fully saturated rings. The molecule has 0 heterocycles. The summed E-state index contributed by atoms with van der Waals surface area (Å²) in [5.74, 6) is 0.214. The predicted molar refractivity (Wildman–Crippen MR) is 100 cm³/mol. The van der Waals surface area contributed by atoms with Crippen molar-refractivity contribution in [2.75, 3.05) is 13.6 Å². The van der Waals surface area contributed by atoms with Crippen molar-refractivity contribution in [2.24, 2.45) is 5.73 Å². The summed E-state index contributed by atoms with van der Waals surface area (Å²) >= 11 is 0. The first-order valence-corrected chi connectivity index (χ1v) is 8.79. The molecule has 3 nitrogen and oxygen atoms in total. The molecule has 1 amide bonds. The second-order valence-electron chi connectivity index (χ2n) is 6.23. The summed E-state index contributed by atoms with van der Waals surface area (Å²) in [6.07, 6.45) is 4.81. The molecule has 3 heteroatoms. The van der Waals surface area contributed by atoms with E-state index in [-0.39, 0.29) is 5.91 Å². The van der Waals surface area contributed by atoms with Gasteiger partial charge in [-0.05, 0) is 36.1 Å². The molecular formula is C21H28N2O. The van der Waals surface area contributed by atoms with Crippen LogP contribution >= 0.6 is 0 Å². The number of unbranched alkanes of at least 4 members (excludes halogenated alkanes) is 3. The van der Waals surface area contributed by atoms with E-state index in [0.717, 1.165) is 32.2 Å². The van der Waals surface area contributed by atoms with Gasteiger partial charge in [0.1, 0.15) is 0 Å². The Morgan fingerprint density at radius 3 is 2.33 bits per heavy atom. The molecule has 2 aromatic rings. The lowest BCUT2D eigenvalue weighted by molar-refractivity contribution is -0.130. The molecule has 2 N–H and O–H groups in total. The summed E-state index contributed by atoms with van der Waals surface area (Å²) in [7, 11) is 1.89. The van der Waals surface area contributed by atoms with Crippen molar-refractivity contribution in [3.63, 3.8) is 0 Å². The van der Waals surface area contributed by atoms with Gasteiger partial charge in [-0.25, -0.2) is 0 Å². The third kappa shape index (κ3) is 5.50. The van der Waals surface area contributed by atoms with Crippen molar-refractivity contribution in [1.29, 1.82) is 0 Å². The summed E-state index contributed by atoms with van der Waals surface area (Å²) in [5.41, 5.74) is 9.06. The van der Waals surface area contributed by atoms with Crippen LogP contribution in [-0.2, 0) is 11.3 Å². The molecule has 0 aromatic heterocycles. The van der Waals surface area contributed by atoms with Gasteiger partial charge in [-0.2, -0.15) is 0 Å². The number of hydrogen-bond donors (Lipinski definition) is 1. The molecule has 2 aromatic carbocycles. The minimum absolute atomic E-state index is 0.214. The molecule has 0 bridgehead atoms. The molecule has 0 spiro atoms. The van der Waals surface area contributed by atoms with Crippen LogP contribution in [-0.4, -0.2) is 24.4 Å². The molecule has 2 rings (SSSR count). The Labute approximate surface area is 145 Å². The highest BCUT2D eigenvalue weighted by Crippen LogP contribution is 2.24. The zero-order chi connectivity index (χ0) is 17.2. The first kappa shape index (κ1) is 18.2. The van der Waals surface area contributed by atoms with Crippen LogP contribution in [0.4, 0.5) is 0 Å². The van der Waals surface area contributed by atoms with Crippen LogP contribution in [0.1, 0.15) is 37.7 Å². The van der Waals surface area contributed by atoms with Crippen LogP contribution in [0.2, 0.25) is 0 Å². The van der Waals surface area contributed by atoms with E-state index >= 15 is 0 Å². The standard InChI is InChI=1S/C21H28N2O/c1-23(21(24)15-7-2-3-10-16-22)17-19-13-8-9-14-20(19)18-11-5-4-6-12-18/h4-6,8-9,11-14H,2-3,7,10,15-17,22H2,1H3. The highest BCUT2D eigenvalue weighted by atomic mass is 16.2. The molecule has 0 radical (unpaired) electrons. The van der Waals surface area contributed by atoms with Crippen molar-refractivity contribution in [2.45, 2.75) is 38.6 Å². The van der Waals surface area contributed by atoms with E-state index in [4.69, 9.17) is 5.73 Å². The largest absolute Gasteiger partial charge is 0.341 e. The number of carbonyl (C=O) groups is 1. The normalized spacial score (nSPS) is 10.6. The molecular weight excluding hydrogens is 296 g/mol. The number of hydrogen-bond acceptors (Lipinski definition) is 2. The Balaban J connectivity index is 1.94. The number of rotatable bonds is 9. The Hall–Kier alpha value is -2.13. The van der Waals surface area contributed by atoms with Crippen molar-refractivity contribution >= 4 is 5.91 Å². The van der Waals surface area contributed by atoms with E-state index in [1.54, 1.807) is 0 Å². The van der Waals surface area contributed by atoms with Gasteiger partial charge >= 0.3 is 0 Å². The Morgan fingerprint density at radius 1 is 0.917 bits per heavy atom. The van der Waals surface area contributed by atoms with Crippen LogP contribution in [0.15, 0.2) is 54.6 Å². The summed E-state index contributed by atoms with van der Waals surface area (Å²) in [4.78, 5) is 14.2. The Kier molecular flexibility index (Phi) is 7.50. The summed E-state index contributed by atoms with van der Waals surface area (Å²) in [6, 6.07) is 18.6. The first-order valence-electron chi connectivity index (χ1n) is 8.79. The topological polar surface area (TPSA) is 46.3 Å². The highest BCUT2D eigenvalue weighted by Gasteiger charge is 2.11. The lowest BCUT2D eigenvalue weighted by Gasteiger charge is -2.19. The SMILES string of the molecule is CN(Cc1ccccc1-c1ccccc1)C(=O)CCCCCCN. The van der Waals surface area contributed by atoms with E-state index in [1.165, 1.54) is 16.7 Å². The number of nitrogens with zero attached hydrogens (tertiary/aromatic N) is 1. The van der Waals surface area contributed by atoms with E-state index in [9.17, 15) is 4.79 Å². The van der Waals surface area contributed by atoms with Gasteiger partial charge in [-0.15, -0.1) is 0 Å². The fourth-order valence-corrected chi connectivity index (χ4v) is 2.87. The molecule has 0 saturated heterocycles. The van der Waals surface area contributed by atoms with Gasteiger partial charge in [0.15, 0.2) is 0 Å². The number of amides is 1. The van der Waals surface area contributed by atoms with Crippen molar-refractivity contribution < 1.29 is 4.79 Å². The molecule has 0 saturated carbocycles. The van der Waals surface area contributed by atoms with Crippen LogP contribution in [0.5, 0.6) is 0 Å². The second kappa shape index (κ2) is 9.89. The summed E-state index contributed by atoms with van der Waals surface area (Å²) in [5, 5.41) is 0. The molecule has 24 heavy (non-hydrogen) atoms. The Bertz CT molecular complexity index is 625. The third-order valence-electron chi connectivity index (χ3n) is 4.28. The maximum Gasteiger partial charge on any atom is 0.222 e. The zero-order valence-electron chi connectivity index (χ0n) is 14.6. The van der Waals surface area contributed by atoms with Crippen molar-refractivity contribution in [3.05, 3.63) is 60.2 Å². The Morgan fingerprint density at radius 2 is 1.58 bits per heavy atom. The van der Waals surface area contributed by atoms with Crippen LogP contribution in [0.25, 0.3) is 11.1 Å². The molecule has 0 aliphatic carbocycles. The molecule has 0 aliphatic heterocycles. The average molecular weight is 324 g/mol. The van der Waals surface area contributed by atoms with Crippen LogP contribution in [0, 0.1) is 0 Å². The van der Waals surface area contributed by atoms with E-state index in [1.807, 2.05) is 42.3 Å². The van der Waals surface area contributed by atoms with E-state index in [0.29, 0.717) is 13.0 Å². The lowest BCUT2D eigenvalue weighted by atomic mass is 9.99. The number of nitrogens with two attached hydrogens (primary N) is 1. The lowest BCUT2D eigenvalue weighted by Crippen LogP contribution is -2.26. The third-order valence-corrected chi connectivity index (χ3v) is 4.28. The highest BCUT2D eigenvalue weighted by molar-refractivity contribution is 5.76. The van der Waals surface area contributed by atoms with Gasteiger partial charge in [0.2, 0.25) is 5.91 Å². The molecule has 0 aliphatic rings. The predicted octanol–water partition coefficient (Wildman–Crippen LogP) is 4.22. The minimum Gasteiger partial charge on any atom is -0.341 e. The fourth-order valence-electron chi connectivity index (χ4n) is 2.87. The van der Waals surface area contributed by atoms with Crippen LogP contribution in [0.3, 0.4) is 0 Å². The zero-order valence-corrected chi connectivity index (χ0v) is 14.6. The van der Waals surface area contributed by atoms with Gasteiger partial charge in [0, 0.05) is 20.0 Å². The first-order chi connectivity index (χ1) is 11.7. The van der Waals surface area contributed by atoms with Gasteiger partial charge in [0.05, 0.1) is 0 Å². The minimum atomic E-state index is 0.214. The van der Waals surface area contributed by atoms with Crippen LogP contribution < -0.4 is 5.73 Å². The fraction of sp³-hybridized carbons (Fsp3) is 0.381. The van der Waals surface area contributed by atoms with E-state index < -0.39 is 0 Å². The maximum atomic E-state index is 12.3. The van der Waals surface area contributed by atoms with Gasteiger partial charge in [0.25, 0.3) is 0 Å².